The van der Waals surface area contributed by atoms with Crippen LogP contribution in [-0.4, -0.2) is 25.5 Å². The molecule has 0 saturated carbocycles. The van der Waals surface area contributed by atoms with Gasteiger partial charge in [-0.15, -0.1) is 0 Å². The second-order valence-corrected chi connectivity index (χ2v) is 4.14. The Balaban J connectivity index is 3.10. The third-order valence-corrected chi connectivity index (χ3v) is 3.02. The van der Waals surface area contributed by atoms with E-state index in [1.54, 1.807) is 6.07 Å². The Morgan fingerprint density at radius 3 is 2.50 bits per heavy atom. The molecule has 2 N–H and O–H groups in total. The van der Waals surface area contributed by atoms with Crippen molar-refractivity contribution in [2.45, 2.75) is 6.04 Å². The maximum atomic E-state index is 6.10. The SMILES string of the molecule is CN(C)[C@H](CN)c1cccc(Cl)c1Cl. The van der Waals surface area contributed by atoms with Gasteiger partial charge in [-0.2, -0.15) is 0 Å². The number of nitrogens with zero attached hydrogens (tertiary/aromatic N) is 1. The van der Waals surface area contributed by atoms with Crippen LogP contribution in [0, 0.1) is 0 Å². The molecule has 0 unspecified atom stereocenters. The first-order valence-corrected chi connectivity index (χ1v) is 5.14. The zero-order valence-electron chi connectivity index (χ0n) is 8.30. The first-order chi connectivity index (χ1) is 6.57. The number of benzene rings is 1. The Morgan fingerprint density at radius 1 is 1.36 bits per heavy atom. The molecule has 0 radical (unpaired) electrons. The summed E-state index contributed by atoms with van der Waals surface area (Å²) in [6.07, 6.45) is 0. The van der Waals surface area contributed by atoms with Gasteiger partial charge in [0, 0.05) is 12.6 Å². The molecule has 14 heavy (non-hydrogen) atoms. The summed E-state index contributed by atoms with van der Waals surface area (Å²) in [5.41, 5.74) is 6.66. The molecule has 0 saturated heterocycles. The van der Waals surface area contributed by atoms with E-state index in [-0.39, 0.29) is 6.04 Å². The zero-order valence-corrected chi connectivity index (χ0v) is 9.81. The normalized spacial score (nSPS) is 13.3. The van der Waals surface area contributed by atoms with Gasteiger partial charge < -0.3 is 10.6 Å². The van der Waals surface area contributed by atoms with Gasteiger partial charge in [-0.05, 0) is 25.7 Å². The molecule has 1 aromatic carbocycles. The summed E-state index contributed by atoms with van der Waals surface area (Å²) in [6.45, 7) is 0.521. The van der Waals surface area contributed by atoms with Crippen molar-refractivity contribution >= 4 is 23.2 Å². The van der Waals surface area contributed by atoms with Crippen LogP contribution >= 0.6 is 23.2 Å². The summed E-state index contributed by atoms with van der Waals surface area (Å²) < 4.78 is 0. The van der Waals surface area contributed by atoms with Crippen molar-refractivity contribution in [1.29, 1.82) is 0 Å². The Hall–Kier alpha value is -0.280. The number of rotatable bonds is 3. The lowest BCUT2D eigenvalue weighted by Gasteiger charge is -2.24. The minimum absolute atomic E-state index is 0.112. The zero-order chi connectivity index (χ0) is 10.7. The summed E-state index contributed by atoms with van der Waals surface area (Å²) >= 11 is 12.0. The van der Waals surface area contributed by atoms with E-state index in [4.69, 9.17) is 28.9 Å². The Kier molecular flexibility index (Phi) is 4.20. The minimum Gasteiger partial charge on any atom is -0.329 e. The molecule has 1 atom stereocenters. The van der Waals surface area contributed by atoms with Gasteiger partial charge in [-0.25, -0.2) is 0 Å². The number of likely N-dealkylation sites (N-methyl/N-ethyl adjacent to an activating group) is 1. The maximum absolute atomic E-state index is 6.10. The van der Waals surface area contributed by atoms with E-state index in [2.05, 4.69) is 0 Å². The van der Waals surface area contributed by atoms with Gasteiger partial charge >= 0.3 is 0 Å². The third-order valence-electron chi connectivity index (χ3n) is 2.19. The van der Waals surface area contributed by atoms with Crippen LogP contribution in [0.1, 0.15) is 11.6 Å². The van der Waals surface area contributed by atoms with Crippen LogP contribution in [0.3, 0.4) is 0 Å². The van der Waals surface area contributed by atoms with Crippen molar-refractivity contribution < 1.29 is 0 Å². The van der Waals surface area contributed by atoms with Gasteiger partial charge in [0.05, 0.1) is 10.0 Å². The molecular weight excluding hydrogens is 219 g/mol. The second kappa shape index (κ2) is 4.99. The van der Waals surface area contributed by atoms with Crippen molar-refractivity contribution in [3.05, 3.63) is 33.8 Å². The van der Waals surface area contributed by atoms with Gasteiger partial charge in [-0.1, -0.05) is 35.3 Å². The summed E-state index contributed by atoms with van der Waals surface area (Å²) in [7, 11) is 3.93. The predicted octanol–water partition coefficient (Wildman–Crippen LogP) is 2.55. The van der Waals surface area contributed by atoms with Crippen LogP contribution in [0.25, 0.3) is 0 Å². The monoisotopic (exact) mass is 232 g/mol. The highest BCUT2D eigenvalue weighted by Crippen LogP contribution is 2.31. The van der Waals surface area contributed by atoms with E-state index in [1.807, 2.05) is 31.1 Å². The first-order valence-electron chi connectivity index (χ1n) is 4.38. The van der Waals surface area contributed by atoms with Gasteiger partial charge in [0.25, 0.3) is 0 Å². The first kappa shape index (κ1) is 11.8. The number of hydrogen-bond acceptors (Lipinski definition) is 2. The van der Waals surface area contributed by atoms with E-state index in [9.17, 15) is 0 Å². The molecule has 0 fully saturated rings. The van der Waals surface area contributed by atoms with Gasteiger partial charge in [-0.3, -0.25) is 0 Å². The lowest BCUT2D eigenvalue weighted by molar-refractivity contribution is 0.306. The van der Waals surface area contributed by atoms with Crippen LogP contribution in [0.15, 0.2) is 18.2 Å². The van der Waals surface area contributed by atoms with Gasteiger partial charge in [0.15, 0.2) is 0 Å². The summed E-state index contributed by atoms with van der Waals surface area (Å²) in [4.78, 5) is 2.03. The highest BCUT2D eigenvalue weighted by molar-refractivity contribution is 6.42. The molecule has 0 heterocycles. The largest absolute Gasteiger partial charge is 0.329 e. The molecule has 2 nitrogen and oxygen atoms in total. The fraction of sp³-hybridized carbons (Fsp3) is 0.400. The number of nitrogens with two attached hydrogens (primary N) is 1. The van der Waals surface area contributed by atoms with Crippen LogP contribution in [-0.2, 0) is 0 Å². The van der Waals surface area contributed by atoms with Crippen molar-refractivity contribution in [1.82, 2.24) is 4.90 Å². The van der Waals surface area contributed by atoms with E-state index in [1.165, 1.54) is 0 Å². The van der Waals surface area contributed by atoms with E-state index in [0.29, 0.717) is 16.6 Å². The molecule has 1 aromatic rings. The van der Waals surface area contributed by atoms with Crippen LogP contribution in [0.4, 0.5) is 0 Å². The van der Waals surface area contributed by atoms with Gasteiger partial charge in [0.2, 0.25) is 0 Å². The van der Waals surface area contributed by atoms with E-state index >= 15 is 0 Å². The summed E-state index contributed by atoms with van der Waals surface area (Å²) in [5, 5.41) is 1.17. The van der Waals surface area contributed by atoms with Crippen LogP contribution in [0.5, 0.6) is 0 Å². The van der Waals surface area contributed by atoms with Gasteiger partial charge in [0.1, 0.15) is 0 Å². The third kappa shape index (κ3) is 2.39. The van der Waals surface area contributed by atoms with E-state index in [0.717, 1.165) is 5.56 Å². The Morgan fingerprint density at radius 2 is 2.00 bits per heavy atom. The fourth-order valence-corrected chi connectivity index (χ4v) is 1.83. The number of halogens is 2. The van der Waals surface area contributed by atoms with Crippen molar-refractivity contribution in [2.24, 2.45) is 5.73 Å². The second-order valence-electron chi connectivity index (χ2n) is 3.36. The predicted molar refractivity (Wildman–Crippen MR) is 61.9 cm³/mol. The average molecular weight is 233 g/mol. The fourth-order valence-electron chi connectivity index (χ4n) is 1.39. The van der Waals surface area contributed by atoms with Crippen molar-refractivity contribution in [3.8, 4) is 0 Å². The van der Waals surface area contributed by atoms with Crippen LogP contribution < -0.4 is 5.73 Å². The summed E-state index contributed by atoms with van der Waals surface area (Å²) in [6, 6.07) is 5.72. The smallest absolute Gasteiger partial charge is 0.0640 e. The molecule has 78 valence electrons. The molecule has 0 aliphatic heterocycles. The number of hydrogen-bond donors (Lipinski definition) is 1. The summed E-state index contributed by atoms with van der Waals surface area (Å²) in [5.74, 6) is 0. The lowest BCUT2D eigenvalue weighted by atomic mass is 10.1. The topological polar surface area (TPSA) is 29.3 Å². The van der Waals surface area contributed by atoms with E-state index < -0.39 is 0 Å². The van der Waals surface area contributed by atoms with Crippen molar-refractivity contribution in [3.63, 3.8) is 0 Å². The molecule has 1 rings (SSSR count). The minimum atomic E-state index is 0.112. The molecule has 0 spiro atoms. The van der Waals surface area contributed by atoms with Crippen LogP contribution in [0.2, 0.25) is 10.0 Å². The highest BCUT2D eigenvalue weighted by atomic mass is 35.5. The molecule has 0 aromatic heterocycles. The lowest BCUT2D eigenvalue weighted by Crippen LogP contribution is -2.27. The average Bonchev–Trinajstić information content (AvgIpc) is 2.13. The highest BCUT2D eigenvalue weighted by Gasteiger charge is 2.16. The molecule has 0 aliphatic rings. The standard InChI is InChI=1S/C10H14Cl2N2/c1-14(2)9(6-13)7-4-3-5-8(11)10(7)12/h3-5,9H,6,13H2,1-2H3/t9-/m1/s1. The Labute approximate surface area is 94.6 Å². The molecule has 0 amide bonds. The molecule has 4 heteroatoms. The molecule has 0 aliphatic carbocycles. The van der Waals surface area contributed by atoms with Crippen molar-refractivity contribution in [2.75, 3.05) is 20.6 Å². The maximum Gasteiger partial charge on any atom is 0.0640 e. The quantitative estimate of drug-likeness (QED) is 0.869. The molecule has 0 bridgehead atoms. The Bertz CT molecular complexity index is 313. The molecular formula is C10H14Cl2N2.